The lowest BCUT2D eigenvalue weighted by Crippen LogP contribution is -2.30. The third-order valence-electron chi connectivity index (χ3n) is 2.41. The van der Waals surface area contributed by atoms with E-state index in [0.29, 0.717) is 23.0 Å². The van der Waals surface area contributed by atoms with Crippen molar-refractivity contribution in [1.82, 2.24) is 4.90 Å². The van der Waals surface area contributed by atoms with Gasteiger partial charge in [0.05, 0.1) is 0 Å². The maximum atomic E-state index is 12.2. The predicted octanol–water partition coefficient (Wildman–Crippen LogP) is 3.05. The fourth-order valence-corrected chi connectivity index (χ4v) is 1.78. The molecule has 0 aliphatic carbocycles. The molecule has 1 N–H and O–H groups in total. The zero-order valence-electron chi connectivity index (χ0n) is 10.5. The van der Waals surface area contributed by atoms with Crippen LogP contribution in [0.2, 0.25) is 0 Å². The lowest BCUT2D eigenvalue weighted by atomic mass is 10.1. The van der Waals surface area contributed by atoms with Crippen LogP contribution in [0.4, 0.5) is 18.9 Å². The Morgan fingerprint density at radius 1 is 1.37 bits per heavy atom. The smallest absolute Gasteiger partial charge is 0.318 e. The first-order valence-electron chi connectivity index (χ1n) is 5.51. The van der Waals surface area contributed by atoms with E-state index in [1.165, 1.54) is 6.07 Å². The third-order valence-corrected chi connectivity index (χ3v) is 2.90. The summed E-state index contributed by atoms with van der Waals surface area (Å²) in [5, 5.41) is 1.90. The Hall–Kier alpha value is -1.08. The number of hydrogen-bond acceptors (Lipinski definition) is 2. The first-order chi connectivity index (χ1) is 8.70. The van der Waals surface area contributed by atoms with Gasteiger partial charge in [-0.15, -0.1) is 0 Å². The summed E-state index contributed by atoms with van der Waals surface area (Å²) >= 11 is 3.17. The molecule has 0 atom stereocenters. The highest BCUT2D eigenvalue weighted by molar-refractivity contribution is 9.10. The summed E-state index contributed by atoms with van der Waals surface area (Å²) in [5.41, 5.74) is 0.841. The van der Waals surface area contributed by atoms with Crippen LogP contribution in [0.1, 0.15) is 5.56 Å². The van der Waals surface area contributed by atoms with Gasteiger partial charge in [-0.3, -0.25) is 4.79 Å². The summed E-state index contributed by atoms with van der Waals surface area (Å²) in [6, 6.07) is 4.89. The minimum atomic E-state index is -4.89. The van der Waals surface area contributed by atoms with E-state index in [-0.39, 0.29) is 5.69 Å². The zero-order valence-corrected chi connectivity index (χ0v) is 12.1. The van der Waals surface area contributed by atoms with E-state index < -0.39 is 12.1 Å². The summed E-state index contributed by atoms with van der Waals surface area (Å²) in [5.74, 6) is -1.96. The fourth-order valence-electron chi connectivity index (χ4n) is 1.42. The summed E-state index contributed by atoms with van der Waals surface area (Å²) in [6.07, 6.45) is -4.34. The summed E-state index contributed by atoms with van der Waals surface area (Å²) in [7, 11) is 3.74. The van der Waals surface area contributed by atoms with Crippen molar-refractivity contribution in [3.8, 4) is 0 Å². The summed E-state index contributed by atoms with van der Waals surface area (Å²) in [6.45, 7) is 0.677. The van der Waals surface area contributed by atoms with Gasteiger partial charge in [0.25, 0.3) is 0 Å². The molecular formula is C12H14BrF3N2O. The molecule has 7 heteroatoms. The molecule has 0 saturated heterocycles. The first-order valence-corrected chi connectivity index (χ1v) is 6.31. The van der Waals surface area contributed by atoms with Crippen LogP contribution < -0.4 is 5.32 Å². The van der Waals surface area contributed by atoms with Crippen LogP contribution >= 0.6 is 15.9 Å². The van der Waals surface area contributed by atoms with Gasteiger partial charge < -0.3 is 10.2 Å². The molecule has 106 valence electrons. The topological polar surface area (TPSA) is 32.3 Å². The van der Waals surface area contributed by atoms with Gasteiger partial charge in [0.2, 0.25) is 0 Å². The lowest BCUT2D eigenvalue weighted by molar-refractivity contribution is -0.167. The number of benzene rings is 1. The molecule has 3 nitrogen and oxygen atoms in total. The van der Waals surface area contributed by atoms with E-state index in [1.807, 2.05) is 24.3 Å². The van der Waals surface area contributed by atoms with Gasteiger partial charge in [0.1, 0.15) is 0 Å². The second-order valence-corrected chi connectivity index (χ2v) is 5.22. The monoisotopic (exact) mass is 338 g/mol. The van der Waals surface area contributed by atoms with Crippen molar-refractivity contribution in [2.45, 2.75) is 12.6 Å². The molecule has 0 unspecified atom stereocenters. The Labute approximate surface area is 117 Å². The van der Waals surface area contributed by atoms with Crippen LogP contribution in [0.5, 0.6) is 0 Å². The maximum absolute atomic E-state index is 12.2. The minimum Gasteiger partial charge on any atom is -0.318 e. The van der Waals surface area contributed by atoms with Crippen molar-refractivity contribution in [2.24, 2.45) is 0 Å². The van der Waals surface area contributed by atoms with Gasteiger partial charge in [0.15, 0.2) is 0 Å². The van der Waals surface area contributed by atoms with Crippen molar-refractivity contribution >= 4 is 27.5 Å². The van der Waals surface area contributed by atoms with Crippen molar-refractivity contribution < 1.29 is 18.0 Å². The van der Waals surface area contributed by atoms with Crippen LogP contribution in [-0.4, -0.2) is 37.6 Å². The minimum absolute atomic E-state index is 0.179. The van der Waals surface area contributed by atoms with Gasteiger partial charge in [-0.2, -0.15) is 13.2 Å². The van der Waals surface area contributed by atoms with Crippen LogP contribution in [0.3, 0.4) is 0 Å². The van der Waals surface area contributed by atoms with Gasteiger partial charge in [-0.05, 0) is 38.2 Å². The number of nitrogens with zero attached hydrogens (tertiary/aromatic N) is 1. The quantitative estimate of drug-likeness (QED) is 0.915. The molecule has 0 bridgehead atoms. The molecule has 1 aromatic rings. The number of alkyl halides is 3. The van der Waals surface area contributed by atoms with Gasteiger partial charge in [-0.25, -0.2) is 0 Å². The summed E-state index contributed by atoms with van der Waals surface area (Å²) < 4.78 is 37.4. The number of nitrogens with one attached hydrogen (secondary N) is 1. The zero-order chi connectivity index (χ0) is 14.6. The standard InChI is InChI=1S/C12H14BrF3N2O/c1-18(2)6-5-8-3-4-9(13)7-10(8)17-11(19)12(14,15)16/h3-4,7H,5-6H2,1-2H3,(H,17,19). The van der Waals surface area contributed by atoms with Gasteiger partial charge in [0, 0.05) is 16.7 Å². The molecule has 0 spiro atoms. The Kier molecular flexibility index (Phi) is 5.37. The van der Waals surface area contributed by atoms with Crippen LogP contribution in [0, 0.1) is 0 Å². The Bertz CT molecular complexity index is 461. The molecule has 1 rings (SSSR count). The van der Waals surface area contributed by atoms with E-state index in [0.717, 1.165) is 0 Å². The van der Waals surface area contributed by atoms with Crippen molar-refractivity contribution in [3.05, 3.63) is 28.2 Å². The van der Waals surface area contributed by atoms with Crippen molar-refractivity contribution in [3.63, 3.8) is 0 Å². The number of halogens is 4. The molecule has 0 heterocycles. The van der Waals surface area contributed by atoms with E-state index in [4.69, 9.17) is 0 Å². The molecule has 0 aliphatic heterocycles. The second kappa shape index (κ2) is 6.38. The normalized spacial score (nSPS) is 11.7. The molecule has 1 amide bonds. The number of likely N-dealkylation sites (N-methyl/N-ethyl adjacent to an activating group) is 1. The number of anilines is 1. The molecule has 0 aliphatic rings. The number of carbonyl (C=O) groups excluding carboxylic acids is 1. The van der Waals surface area contributed by atoms with Crippen molar-refractivity contribution in [2.75, 3.05) is 26.0 Å². The summed E-state index contributed by atoms with van der Waals surface area (Å²) in [4.78, 5) is 12.9. The second-order valence-electron chi connectivity index (χ2n) is 4.31. The Morgan fingerprint density at radius 3 is 2.53 bits per heavy atom. The number of hydrogen-bond donors (Lipinski definition) is 1. The molecule has 0 fully saturated rings. The fraction of sp³-hybridized carbons (Fsp3) is 0.417. The molecule has 0 saturated carbocycles. The molecule has 0 radical (unpaired) electrons. The largest absolute Gasteiger partial charge is 0.471 e. The highest BCUT2D eigenvalue weighted by Crippen LogP contribution is 2.25. The van der Waals surface area contributed by atoms with Crippen LogP contribution in [0.15, 0.2) is 22.7 Å². The first kappa shape index (κ1) is 16.0. The predicted molar refractivity (Wildman–Crippen MR) is 71.1 cm³/mol. The van der Waals surface area contributed by atoms with Gasteiger partial charge >= 0.3 is 12.1 Å². The number of rotatable bonds is 4. The lowest BCUT2D eigenvalue weighted by Gasteiger charge is -2.15. The molecule has 1 aromatic carbocycles. The third kappa shape index (κ3) is 5.20. The molecular weight excluding hydrogens is 325 g/mol. The van der Waals surface area contributed by atoms with E-state index in [1.54, 1.807) is 12.1 Å². The van der Waals surface area contributed by atoms with Crippen molar-refractivity contribution in [1.29, 1.82) is 0 Å². The van der Waals surface area contributed by atoms with E-state index in [2.05, 4.69) is 15.9 Å². The average molecular weight is 339 g/mol. The van der Waals surface area contributed by atoms with Crippen LogP contribution in [-0.2, 0) is 11.2 Å². The Balaban J connectivity index is 2.91. The number of amides is 1. The van der Waals surface area contributed by atoms with E-state index in [9.17, 15) is 18.0 Å². The maximum Gasteiger partial charge on any atom is 0.471 e. The van der Waals surface area contributed by atoms with Crippen LogP contribution in [0.25, 0.3) is 0 Å². The molecule has 0 aromatic heterocycles. The van der Waals surface area contributed by atoms with Gasteiger partial charge in [-0.1, -0.05) is 22.0 Å². The number of carbonyl (C=O) groups is 1. The molecule has 19 heavy (non-hydrogen) atoms. The Morgan fingerprint density at radius 2 is 2.00 bits per heavy atom. The SMILES string of the molecule is CN(C)CCc1ccc(Br)cc1NC(=O)C(F)(F)F. The highest BCUT2D eigenvalue weighted by Gasteiger charge is 2.38. The average Bonchev–Trinajstić information content (AvgIpc) is 2.26. The highest BCUT2D eigenvalue weighted by atomic mass is 79.9. The van der Waals surface area contributed by atoms with E-state index >= 15 is 0 Å².